The summed E-state index contributed by atoms with van der Waals surface area (Å²) in [5.41, 5.74) is -1.70. The van der Waals surface area contributed by atoms with Gasteiger partial charge in [-0.2, -0.15) is 13.2 Å². The highest BCUT2D eigenvalue weighted by molar-refractivity contribution is 7.92. The van der Waals surface area contributed by atoms with Gasteiger partial charge in [-0.25, -0.2) is 17.6 Å². The van der Waals surface area contributed by atoms with Gasteiger partial charge >= 0.3 is 12.3 Å². The van der Waals surface area contributed by atoms with Crippen LogP contribution in [0.3, 0.4) is 0 Å². The molecular weight excluding hydrogens is 414 g/mol. The van der Waals surface area contributed by atoms with Crippen molar-refractivity contribution in [2.24, 2.45) is 5.92 Å². The molecule has 1 unspecified atom stereocenters. The maximum Gasteiger partial charge on any atom is 0.416 e. The number of carbonyl (C=O) groups excluding carboxylic acids is 1. The van der Waals surface area contributed by atoms with Crippen molar-refractivity contribution < 1.29 is 35.5 Å². The first-order chi connectivity index (χ1) is 13.1. The van der Waals surface area contributed by atoms with Crippen molar-refractivity contribution in [1.29, 1.82) is 0 Å². The van der Waals surface area contributed by atoms with Crippen LogP contribution in [0.15, 0.2) is 29.2 Å². The number of hydrogen-bond donors (Lipinski definition) is 0. The highest BCUT2D eigenvalue weighted by Crippen LogP contribution is 2.40. The normalized spacial score (nSPS) is 19.0. The van der Waals surface area contributed by atoms with E-state index in [4.69, 9.17) is 4.74 Å². The van der Waals surface area contributed by atoms with Crippen LogP contribution in [0.25, 0.3) is 0 Å². The van der Waals surface area contributed by atoms with E-state index in [1.54, 1.807) is 20.8 Å². The lowest BCUT2D eigenvalue weighted by atomic mass is 9.92. The van der Waals surface area contributed by atoms with Crippen molar-refractivity contribution in [3.8, 4) is 0 Å². The summed E-state index contributed by atoms with van der Waals surface area (Å²) in [5, 5.41) is -2.69. The molecule has 1 amide bonds. The molecule has 1 atom stereocenters. The van der Waals surface area contributed by atoms with Crippen LogP contribution in [0.5, 0.6) is 0 Å². The number of hydrogen-bond acceptors (Lipinski definition) is 4. The maximum atomic E-state index is 15.4. The molecule has 0 aliphatic carbocycles. The molecule has 1 heterocycles. The zero-order chi connectivity index (χ0) is 22.3. The largest absolute Gasteiger partial charge is 0.444 e. The van der Waals surface area contributed by atoms with Crippen molar-refractivity contribution >= 4 is 15.9 Å². The molecule has 0 bridgehead atoms. The van der Waals surface area contributed by atoms with E-state index in [2.05, 4.69) is 0 Å². The number of ether oxygens (including phenoxy) is 1. The first-order valence-corrected chi connectivity index (χ1v) is 10.6. The second-order valence-corrected chi connectivity index (χ2v) is 10.5. The van der Waals surface area contributed by atoms with E-state index in [0.29, 0.717) is 12.1 Å². The van der Waals surface area contributed by atoms with E-state index in [-0.39, 0.29) is 25.9 Å². The van der Waals surface area contributed by atoms with Gasteiger partial charge in [-0.05, 0) is 64.8 Å². The van der Waals surface area contributed by atoms with Crippen LogP contribution in [-0.4, -0.2) is 43.1 Å². The summed E-state index contributed by atoms with van der Waals surface area (Å²) in [4.78, 5) is 13.0. The molecule has 1 saturated heterocycles. The molecule has 0 saturated carbocycles. The van der Waals surface area contributed by atoms with Gasteiger partial charge < -0.3 is 9.64 Å². The minimum Gasteiger partial charge on any atom is -0.444 e. The number of alkyl halides is 4. The Morgan fingerprint density at radius 2 is 1.48 bits per heavy atom. The molecule has 0 radical (unpaired) electrons. The predicted octanol–water partition coefficient (Wildman–Crippen LogP) is 4.81. The molecule has 0 N–H and O–H groups in total. The topological polar surface area (TPSA) is 63.7 Å². The Kier molecular flexibility index (Phi) is 6.28. The van der Waals surface area contributed by atoms with Gasteiger partial charge in [0.1, 0.15) is 5.60 Å². The Morgan fingerprint density at radius 3 is 1.90 bits per heavy atom. The lowest BCUT2D eigenvalue weighted by Gasteiger charge is -2.38. The third-order valence-electron chi connectivity index (χ3n) is 4.89. The number of nitrogens with zero attached hydrogens (tertiary/aromatic N) is 1. The highest BCUT2D eigenvalue weighted by atomic mass is 32.2. The first-order valence-electron chi connectivity index (χ1n) is 9.14. The van der Waals surface area contributed by atoms with Gasteiger partial charge in [-0.15, -0.1) is 0 Å². The third-order valence-corrected chi connectivity index (χ3v) is 7.17. The Hall–Kier alpha value is -1.84. The van der Waals surface area contributed by atoms with Crippen molar-refractivity contribution in [3.63, 3.8) is 0 Å². The summed E-state index contributed by atoms with van der Waals surface area (Å²) in [7, 11) is -4.54. The molecule has 1 aromatic carbocycles. The van der Waals surface area contributed by atoms with E-state index >= 15 is 4.39 Å². The average Bonchev–Trinajstić information content (AvgIpc) is 2.59. The minimum atomic E-state index is -4.62. The molecule has 164 valence electrons. The van der Waals surface area contributed by atoms with Crippen molar-refractivity contribution in [2.75, 3.05) is 13.1 Å². The molecule has 1 aliphatic rings. The number of rotatable bonds is 3. The van der Waals surface area contributed by atoms with Crippen LogP contribution in [-0.2, 0) is 20.8 Å². The molecule has 2 rings (SSSR count). The van der Waals surface area contributed by atoms with Crippen LogP contribution in [0, 0.1) is 5.92 Å². The third kappa shape index (κ3) is 5.21. The second kappa shape index (κ2) is 7.77. The van der Waals surface area contributed by atoms with Crippen molar-refractivity contribution in [1.82, 2.24) is 4.90 Å². The smallest absolute Gasteiger partial charge is 0.416 e. The van der Waals surface area contributed by atoms with Crippen molar-refractivity contribution in [2.45, 2.75) is 62.2 Å². The van der Waals surface area contributed by atoms with E-state index in [1.807, 2.05) is 0 Å². The fraction of sp³-hybridized carbons (Fsp3) is 0.632. The zero-order valence-electron chi connectivity index (χ0n) is 16.7. The summed E-state index contributed by atoms with van der Waals surface area (Å²) >= 11 is 0. The Labute approximate surface area is 167 Å². The zero-order valence-corrected chi connectivity index (χ0v) is 17.5. The molecule has 0 spiro atoms. The Bertz CT molecular complexity index is 834. The molecule has 1 fully saturated rings. The monoisotopic (exact) mass is 439 g/mol. The second-order valence-electron chi connectivity index (χ2n) is 8.25. The summed E-state index contributed by atoms with van der Waals surface area (Å²) in [6, 6.07) is 2.78. The summed E-state index contributed by atoms with van der Waals surface area (Å²) < 4.78 is 84.2. The summed E-state index contributed by atoms with van der Waals surface area (Å²) in [6.45, 7) is 6.32. The van der Waals surface area contributed by atoms with Crippen LogP contribution in [0.4, 0.5) is 22.4 Å². The molecule has 1 aromatic rings. The van der Waals surface area contributed by atoms with Gasteiger partial charge in [0, 0.05) is 19.0 Å². The van der Waals surface area contributed by atoms with E-state index < -0.39 is 49.1 Å². The molecule has 0 aromatic heterocycles. The van der Waals surface area contributed by atoms with Gasteiger partial charge in [0.25, 0.3) is 0 Å². The Morgan fingerprint density at radius 1 is 1.00 bits per heavy atom. The number of piperidine rings is 1. The number of sulfone groups is 1. The number of benzene rings is 1. The number of likely N-dealkylation sites (tertiary alicyclic amines) is 1. The molecule has 5 nitrogen and oxygen atoms in total. The molecule has 29 heavy (non-hydrogen) atoms. The van der Waals surface area contributed by atoms with Gasteiger partial charge in [-0.3, -0.25) is 0 Å². The van der Waals surface area contributed by atoms with E-state index in [1.165, 1.54) is 4.90 Å². The predicted molar refractivity (Wildman–Crippen MR) is 98.7 cm³/mol. The maximum absolute atomic E-state index is 15.4. The highest BCUT2D eigenvalue weighted by Gasteiger charge is 2.49. The van der Waals surface area contributed by atoms with Crippen LogP contribution >= 0.6 is 0 Å². The lowest BCUT2D eigenvalue weighted by molar-refractivity contribution is -0.137. The van der Waals surface area contributed by atoms with Crippen LogP contribution in [0.1, 0.15) is 46.1 Å². The van der Waals surface area contributed by atoms with Gasteiger partial charge in [0.05, 0.1) is 10.5 Å². The fourth-order valence-electron chi connectivity index (χ4n) is 3.18. The first kappa shape index (κ1) is 23.4. The molecule has 10 heteroatoms. The summed E-state index contributed by atoms with van der Waals surface area (Å²) in [6.07, 6.45) is -4.99. The average molecular weight is 439 g/mol. The van der Waals surface area contributed by atoms with Crippen LogP contribution in [0.2, 0.25) is 0 Å². The summed E-state index contributed by atoms with van der Waals surface area (Å²) in [5.74, 6) is -0.909. The Balaban J connectivity index is 2.13. The van der Waals surface area contributed by atoms with Crippen molar-refractivity contribution in [3.05, 3.63) is 29.8 Å². The van der Waals surface area contributed by atoms with Gasteiger partial charge in [-0.1, -0.05) is 0 Å². The van der Waals surface area contributed by atoms with Gasteiger partial charge in [0.15, 0.2) is 0 Å². The fourth-order valence-corrected chi connectivity index (χ4v) is 4.81. The standard InChI is InChI=1S/C19H25F4NO4S/c1-17(2,3)28-16(25)24-11-9-13(10-12-24)18(4,20)29(26,27)15-7-5-14(6-8-15)19(21,22)23/h5-8,13H,9-12H2,1-4H3. The number of carbonyl (C=O) groups is 1. The minimum absolute atomic E-state index is 0.0894. The van der Waals surface area contributed by atoms with Gasteiger partial charge in [0.2, 0.25) is 14.8 Å². The number of halogens is 4. The SMILES string of the molecule is CC(C)(C)OC(=O)N1CCC(C(C)(F)S(=O)(=O)c2ccc(C(F)(F)F)cc2)CC1. The van der Waals surface area contributed by atoms with E-state index in [9.17, 15) is 26.4 Å². The molecular formula is C19H25F4NO4S. The quantitative estimate of drug-likeness (QED) is 0.634. The lowest BCUT2D eigenvalue weighted by Crippen LogP contribution is -2.48. The van der Waals surface area contributed by atoms with Crippen LogP contribution < -0.4 is 0 Å². The van der Waals surface area contributed by atoms with E-state index in [0.717, 1.165) is 19.1 Å². The number of amides is 1. The molecule has 1 aliphatic heterocycles.